The molecular weight excluding hydrogens is 510 g/mol. The summed E-state index contributed by atoms with van der Waals surface area (Å²) in [6, 6.07) is 17.6. The second kappa shape index (κ2) is 11.9. The molecule has 0 unspecified atom stereocenters. The Balaban J connectivity index is 1.21. The summed E-state index contributed by atoms with van der Waals surface area (Å²) >= 11 is 5.95. The van der Waals surface area contributed by atoms with E-state index in [9.17, 15) is 9.90 Å². The number of nitrogens with one attached hydrogen (secondary N) is 1. The van der Waals surface area contributed by atoms with Crippen LogP contribution in [-0.4, -0.2) is 46.6 Å². The van der Waals surface area contributed by atoms with Gasteiger partial charge in [0.15, 0.2) is 0 Å². The van der Waals surface area contributed by atoms with E-state index < -0.39 is 5.60 Å². The van der Waals surface area contributed by atoms with Crippen LogP contribution >= 0.6 is 11.6 Å². The maximum atomic E-state index is 12.5. The average molecular weight is 546 g/mol. The van der Waals surface area contributed by atoms with Crippen molar-refractivity contribution in [3.05, 3.63) is 99.8 Å². The third-order valence-corrected chi connectivity index (χ3v) is 7.80. The quantitative estimate of drug-likeness (QED) is 0.410. The number of benzene rings is 2. The molecule has 2 aromatic carbocycles. The molecule has 1 saturated heterocycles. The molecule has 204 valence electrons. The second-order valence-corrected chi connectivity index (χ2v) is 11.4. The van der Waals surface area contributed by atoms with Gasteiger partial charge in [-0.1, -0.05) is 41.9 Å². The number of pyridine rings is 1. The lowest BCUT2D eigenvalue weighted by Gasteiger charge is -2.32. The highest BCUT2D eigenvalue weighted by atomic mass is 35.5. The van der Waals surface area contributed by atoms with E-state index in [0.29, 0.717) is 18.1 Å². The fourth-order valence-electron chi connectivity index (χ4n) is 5.31. The molecule has 0 bridgehead atoms. The molecule has 1 amide bonds. The monoisotopic (exact) mass is 545 g/mol. The first-order valence-electron chi connectivity index (χ1n) is 13.7. The van der Waals surface area contributed by atoms with Crippen LogP contribution in [0.5, 0.6) is 5.75 Å². The van der Waals surface area contributed by atoms with Crippen molar-refractivity contribution in [2.45, 2.75) is 57.8 Å². The predicted octanol–water partition coefficient (Wildman–Crippen LogP) is 5.50. The van der Waals surface area contributed by atoms with Crippen LogP contribution in [0.2, 0.25) is 5.02 Å². The third-order valence-electron chi connectivity index (χ3n) is 7.55. The fourth-order valence-corrected chi connectivity index (χ4v) is 5.44. The van der Waals surface area contributed by atoms with Gasteiger partial charge < -0.3 is 20.1 Å². The molecule has 7 heteroatoms. The molecule has 6 nitrogen and oxygen atoms in total. The number of aliphatic hydroxyl groups is 1. The van der Waals surface area contributed by atoms with Crippen molar-refractivity contribution in [3.8, 4) is 5.75 Å². The number of halogens is 1. The number of carbonyl (C=O) groups is 1. The molecule has 0 radical (unpaired) electrons. The van der Waals surface area contributed by atoms with Crippen molar-refractivity contribution in [2.24, 2.45) is 0 Å². The first-order chi connectivity index (χ1) is 18.8. The summed E-state index contributed by atoms with van der Waals surface area (Å²) in [5.74, 6) is 0.870. The Morgan fingerprint density at radius 2 is 1.92 bits per heavy atom. The van der Waals surface area contributed by atoms with Gasteiger partial charge in [-0.25, -0.2) is 0 Å². The Kier molecular flexibility index (Phi) is 8.36. The molecular formula is C32H36ClN3O3. The highest BCUT2D eigenvalue weighted by Crippen LogP contribution is 2.38. The molecule has 0 aliphatic carbocycles. The van der Waals surface area contributed by atoms with E-state index in [2.05, 4.69) is 27.3 Å². The van der Waals surface area contributed by atoms with E-state index in [1.54, 1.807) is 20.0 Å². The Hall–Kier alpha value is -3.19. The number of amides is 1. The van der Waals surface area contributed by atoms with Gasteiger partial charge in [0.1, 0.15) is 12.4 Å². The van der Waals surface area contributed by atoms with Crippen molar-refractivity contribution < 1.29 is 14.6 Å². The van der Waals surface area contributed by atoms with Crippen LogP contribution in [-0.2, 0) is 23.4 Å². The van der Waals surface area contributed by atoms with E-state index in [4.69, 9.17) is 16.3 Å². The summed E-state index contributed by atoms with van der Waals surface area (Å²) in [4.78, 5) is 19.6. The second-order valence-electron chi connectivity index (χ2n) is 10.9. The summed E-state index contributed by atoms with van der Waals surface area (Å²) in [7, 11) is 0. The minimum Gasteiger partial charge on any atom is -0.487 e. The van der Waals surface area contributed by atoms with Crippen LogP contribution in [0.1, 0.15) is 61.1 Å². The molecule has 0 atom stereocenters. The molecule has 2 aliphatic rings. The van der Waals surface area contributed by atoms with E-state index in [1.807, 2.05) is 48.5 Å². The zero-order chi connectivity index (χ0) is 27.4. The highest BCUT2D eigenvalue weighted by molar-refractivity contribution is 6.30. The number of ether oxygens (including phenoxy) is 1. The van der Waals surface area contributed by atoms with Crippen LogP contribution < -0.4 is 10.1 Å². The molecule has 39 heavy (non-hydrogen) atoms. The van der Waals surface area contributed by atoms with E-state index in [0.717, 1.165) is 78.2 Å². The number of hydrogen-bond donors (Lipinski definition) is 2. The topological polar surface area (TPSA) is 74.7 Å². The normalized spacial score (nSPS) is 17.2. The molecule has 2 N–H and O–H groups in total. The molecule has 0 saturated carbocycles. The van der Waals surface area contributed by atoms with Gasteiger partial charge in [-0.05, 0) is 80.1 Å². The van der Waals surface area contributed by atoms with Crippen molar-refractivity contribution in [3.63, 3.8) is 0 Å². The number of piperidine rings is 1. The van der Waals surface area contributed by atoms with Gasteiger partial charge in [-0.2, -0.15) is 0 Å². The number of aromatic nitrogens is 1. The van der Waals surface area contributed by atoms with Gasteiger partial charge in [0, 0.05) is 48.0 Å². The highest BCUT2D eigenvalue weighted by Gasteiger charge is 2.24. The Labute approximate surface area is 235 Å². The summed E-state index contributed by atoms with van der Waals surface area (Å²) in [6.45, 7) is 6.86. The van der Waals surface area contributed by atoms with Crippen LogP contribution in [0.4, 0.5) is 0 Å². The van der Waals surface area contributed by atoms with Crippen molar-refractivity contribution in [2.75, 3.05) is 19.6 Å². The van der Waals surface area contributed by atoms with E-state index in [-0.39, 0.29) is 11.9 Å². The number of likely N-dealkylation sites (tertiary alicyclic amines) is 1. The molecule has 1 aromatic heterocycles. The molecule has 5 rings (SSSR count). The lowest BCUT2D eigenvalue weighted by Crippen LogP contribution is -2.45. The van der Waals surface area contributed by atoms with Crippen LogP contribution in [0.3, 0.4) is 0 Å². The van der Waals surface area contributed by atoms with Crippen LogP contribution in [0.25, 0.3) is 5.57 Å². The van der Waals surface area contributed by atoms with Crippen molar-refractivity contribution in [1.29, 1.82) is 0 Å². The largest absolute Gasteiger partial charge is 0.487 e. The molecule has 1 fully saturated rings. The summed E-state index contributed by atoms with van der Waals surface area (Å²) in [5, 5.41) is 14.5. The van der Waals surface area contributed by atoms with Crippen molar-refractivity contribution in [1.82, 2.24) is 15.2 Å². The molecule has 0 spiro atoms. The number of fused-ring (bicyclic) bond motifs is 2. The first kappa shape index (κ1) is 27.4. The Morgan fingerprint density at radius 1 is 1.15 bits per heavy atom. The van der Waals surface area contributed by atoms with Crippen LogP contribution in [0.15, 0.2) is 66.9 Å². The third kappa shape index (κ3) is 6.88. The lowest BCUT2D eigenvalue weighted by atomic mass is 9.90. The van der Waals surface area contributed by atoms with Gasteiger partial charge in [-0.15, -0.1) is 0 Å². The smallest absolute Gasteiger partial charge is 0.224 e. The number of carbonyl (C=O) groups excluding carboxylic acids is 1. The number of hydrogen-bond acceptors (Lipinski definition) is 5. The molecule has 3 heterocycles. The Morgan fingerprint density at radius 3 is 2.67 bits per heavy atom. The average Bonchev–Trinajstić information content (AvgIpc) is 3.07. The summed E-state index contributed by atoms with van der Waals surface area (Å²) < 4.78 is 6.12. The minimum absolute atomic E-state index is 0.0625. The van der Waals surface area contributed by atoms with Crippen molar-refractivity contribution >= 4 is 23.1 Å². The van der Waals surface area contributed by atoms with E-state index in [1.165, 1.54) is 0 Å². The van der Waals surface area contributed by atoms with Gasteiger partial charge in [-0.3, -0.25) is 9.78 Å². The molecule has 3 aromatic rings. The summed E-state index contributed by atoms with van der Waals surface area (Å²) in [5.41, 5.74) is 4.96. The van der Waals surface area contributed by atoms with Gasteiger partial charge in [0.2, 0.25) is 5.91 Å². The zero-order valence-electron chi connectivity index (χ0n) is 22.6. The Bertz CT molecular complexity index is 1340. The SMILES string of the molecule is CC(C)(O)c1ccc2c(c1)/C(=C\CCN1CCC(NC(=O)Cc3ccc(Cl)cc3)CC1)c1cccnc1CO2. The number of nitrogens with zero attached hydrogens (tertiary/aromatic N) is 2. The van der Waals surface area contributed by atoms with Crippen LogP contribution in [0, 0.1) is 0 Å². The lowest BCUT2D eigenvalue weighted by molar-refractivity contribution is -0.121. The maximum Gasteiger partial charge on any atom is 0.224 e. The van der Waals surface area contributed by atoms with E-state index >= 15 is 0 Å². The van der Waals surface area contributed by atoms with Gasteiger partial charge in [0.05, 0.1) is 17.7 Å². The zero-order valence-corrected chi connectivity index (χ0v) is 23.4. The van der Waals surface area contributed by atoms with Gasteiger partial charge in [0.25, 0.3) is 0 Å². The molecule has 2 aliphatic heterocycles. The number of rotatable bonds is 7. The maximum absolute atomic E-state index is 12.5. The summed E-state index contributed by atoms with van der Waals surface area (Å²) in [6.07, 6.45) is 7.23. The fraction of sp³-hybridized carbons (Fsp3) is 0.375. The first-order valence-corrected chi connectivity index (χ1v) is 14.0. The predicted molar refractivity (Wildman–Crippen MR) is 155 cm³/mol. The standard InChI is InChI=1S/C32H36ClN3O3/c1-32(2,38)23-9-12-30-28(20-23)26(27-5-3-15-34-29(27)21-39-30)6-4-16-36-17-13-25(14-18-36)35-31(37)19-22-7-10-24(33)11-8-22/h3,5-12,15,20,25,38H,4,13-14,16-19,21H2,1-2H3,(H,35,37)/b26-6-. The minimum atomic E-state index is -0.946. The van der Waals surface area contributed by atoms with Gasteiger partial charge >= 0.3 is 0 Å².